The van der Waals surface area contributed by atoms with Crippen LogP contribution in [0.1, 0.15) is 40.7 Å². The van der Waals surface area contributed by atoms with Crippen LogP contribution in [0.4, 0.5) is 0 Å². The van der Waals surface area contributed by atoms with E-state index in [0.29, 0.717) is 17.7 Å². The van der Waals surface area contributed by atoms with Crippen LogP contribution in [0, 0.1) is 11.3 Å². The smallest absolute Gasteiger partial charge is 0.251 e. The van der Waals surface area contributed by atoms with Gasteiger partial charge in [-0.2, -0.15) is 5.26 Å². The van der Waals surface area contributed by atoms with Crippen LogP contribution in [-0.4, -0.2) is 43.2 Å². The molecule has 1 saturated heterocycles. The van der Waals surface area contributed by atoms with Crippen molar-refractivity contribution in [1.29, 1.82) is 5.26 Å². The van der Waals surface area contributed by atoms with Crippen molar-refractivity contribution in [3.8, 4) is 6.07 Å². The normalized spacial score (nSPS) is 16.3. The van der Waals surface area contributed by atoms with E-state index in [0.717, 1.165) is 38.9 Å². The van der Waals surface area contributed by atoms with Crippen molar-refractivity contribution >= 4 is 5.91 Å². The van der Waals surface area contributed by atoms with E-state index in [1.54, 1.807) is 7.11 Å². The summed E-state index contributed by atoms with van der Waals surface area (Å²) < 4.78 is 5.31. The molecule has 0 aromatic heterocycles. The first-order valence-electron chi connectivity index (χ1n) is 9.72. The Hall–Kier alpha value is -2.68. The number of nitrogens with one attached hydrogen (secondary N) is 1. The molecule has 1 heterocycles. The summed E-state index contributed by atoms with van der Waals surface area (Å²) in [4.78, 5) is 15.1. The molecule has 1 fully saturated rings. The molecule has 1 aliphatic rings. The van der Waals surface area contributed by atoms with Crippen molar-refractivity contribution in [3.05, 3.63) is 71.3 Å². The van der Waals surface area contributed by atoms with Gasteiger partial charge in [0.2, 0.25) is 0 Å². The highest BCUT2D eigenvalue weighted by Gasteiger charge is 2.35. The van der Waals surface area contributed by atoms with Crippen molar-refractivity contribution in [2.24, 2.45) is 0 Å². The lowest BCUT2D eigenvalue weighted by molar-refractivity contribution is 0.0691. The quantitative estimate of drug-likeness (QED) is 0.804. The number of carbonyl (C=O) groups excluding carboxylic acids is 1. The number of piperidine rings is 1. The SMILES string of the molecule is COCCC1(NC(=O)c2ccccc2)CCN(Cc2ccc(C#N)cc2)CC1. The molecular formula is C23H27N3O2. The molecule has 0 aliphatic carbocycles. The van der Waals surface area contributed by atoms with Gasteiger partial charge in [-0.05, 0) is 49.1 Å². The maximum Gasteiger partial charge on any atom is 0.251 e. The first-order valence-corrected chi connectivity index (χ1v) is 9.72. The number of nitrogens with zero attached hydrogens (tertiary/aromatic N) is 2. The molecular weight excluding hydrogens is 350 g/mol. The van der Waals surface area contributed by atoms with Crippen molar-refractivity contribution < 1.29 is 9.53 Å². The number of amides is 1. The fourth-order valence-electron chi connectivity index (χ4n) is 3.72. The Labute approximate surface area is 166 Å². The molecule has 1 aliphatic heterocycles. The summed E-state index contributed by atoms with van der Waals surface area (Å²) in [7, 11) is 1.70. The Morgan fingerprint density at radius 3 is 2.43 bits per heavy atom. The second-order valence-corrected chi connectivity index (χ2v) is 7.43. The predicted octanol–water partition coefficient (Wildman–Crippen LogP) is 3.36. The van der Waals surface area contributed by atoms with Gasteiger partial charge in [0.15, 0.2) is 0 Å². The Balaban J connectivity index is 1.62. The number of carbonyl (C=O) groups is 1. The molecule has 28 heavy (non-hydrogen) atoms. The molecule has 5 heteroatoms. The van der Waals surface area contributed by atoms with Crippen LogP contribution in [0.5, 0.6) is 0 Å². The molecule has 2 aromatic carbocycles. The van der Waals surface area contributed by atoms with Crippen LogP contribution in [0.2, 0.25) is 0 Å². The van der Waals surface area contributed by atoms with E-state index >= 15 is 0 Å². The average molecular weight is 377 g/mol. The van der Waals surface area contributed by atoms with Crippen LogP contribution >= 0.6 is 0 Å². The van der Waals surface area contributed by atoms with Crippen LogP contribution < -0.4 is 5.32 Å². The number of likely N-dealkylation sites (tertiary alicyclic amines) is 1. The summed E-state index contributed by atoms with van der Waals surface area (Å²) >= 11 is 0. The molecule has 2 aromatic rings. The third-order valence-corrected chi connectivity index (χ3v) is 5.50. The Morgan fingerprint density at radius 2 is 1.82 bits per heavy atom. The van der Waals surface area contributed by atoms with E-state index in [-0.39, 0.29) is 11.4 Å². The molecule has 5 nitrogen and oxygen atoms in total. The van der Waals surface area contributed by atoms with Crippen molar-refractivity contribution in [2.45, 2.75) is 31.3 Å². The molecule has 0 radical (unpaired) electrons. The maximum absolute atomic E-state index is 12.7. The maximum atomic E-state index is 12.7. The van der Waals surface area contributed by atoms with Crippen LogP contribution in [0.25, 0.3) is 0 Å². The van der Waals surface area contributed by atoms with E-state index in [2.05, 4.69) is 16.3 Å². The van der Waals surface area contributed by atoms with Gasteiger partial charge in [0.1, 0.15) is 0 Å². The van der Waals surface area contributed by atoms with Gasteiger partial charge >= 0.3 is 0 Å². The molecule has 1 amide bonds. The zero-order valence-electron chi connectivity index (χ0n) is 16.4. The van der Waals surface area contributed by atoms with Crippen LogP contribution in [-0.2, 0) is 11.3 Å². The Bertz CT molecular complexity index is 804. The lowest BCUT2D eigenvalue weighted by Gasteiger charge is -2.42. The molecule has 0 spiro atoms. The number of rotatable bonds is 7. The highest BCUT2D eigenvalue weighted by atomic mass is 16.5. The molecule has 0 atom stereocenters. The second-order valence-electron chi connectivity index (χ2n) is 7.43. The van der Waals surface area contributed by atoms with Gasteiger partial charge in [-0.15, -0.1) is 0 Å². The number of nitriles is 1. The number of benzene rings is 2. The minimum Gasteiger partial charge on any atom is -0.385 e. The van der Waals surface area contributed by atoms with Crippen LogP contribution in [0.15, 0.2) is 54.6 Å². The molecule has 0 saturated carbocycles. The number of ether oxygens (including phenoxy) is 1. The van der Waals surface area contributed by atoms with Crippen LogP contribution in [0.3, 0.4) is 0 Å². The molecule has 3 rings (SSSR count). The Morgan fingerprint density at radius 1 is 1.14 bits per heavy atom. The topological polar surface area (TPSA) is 65.4 Å². The first-order chi connectivity index (χ1) is 13.6. The summed E-state index contributed by atoms with van der Waals surface area (Å²) in [5.74, 6) is -0.0164. The molecule has 1 N–H and O–H groups in total. The van der Waals surface area contributed by atoms with E-state index in [4.69, 9.17) is 10.00 Å². The number of hydrogen-bond acceptors (Lipinski definition) is 4. The van der Waals surface area contributed by atoms with Gasteiger partial charge in [0.25, 0.3) is 5.91 Å². The van der Waals surface area contributed by atoms with Gasteiger partial charge in [0.05, 0.1) is 11.6 Å². The van der Waals surface area contributed by atoms with Gasteiger partial charge in [-0.1, -0.05) is 30.3 Å². The molecule has 146 valence electrons. The highest BCUT2D eigenvalue weighted by Crippen LogP contribution is 2.27. The van der Waals surface area contributed by atoms with Crippen molar-refractivity contribution in [1.82, 2.24) is 10.2 Å². The molecule has 0 unspecified atom stereocenters. The summed E-state index contributed by atoms with van der Waals surface area (Å²) in [6.07, 6.45) is 2.60. The van der Waals surface area contributed by atoms with E-state index in [1.165, 1.54) is 5.56 Å². The third kappa shape index (κ3) is 5.19. The van der Waals surface area contributed by atoms with Gasteiger partial charge < -0.3 is 10.1 Å². The summed E-state index contributed by atoms with van der Waals surface area (Å²) in [6, 6.07) is 19.3. The van der Waals surface area contributed by atoms with E-state index < -0.39 is 0 Å². The second kappa shape index (κ2) is 9.50. The predicted molar refractivity (Wildman–Crippen MR) is 109 cm³/mol. The first kappa shape index (κ1) is 20.1. The minimum absolute atomic E-state index is 0.0164. The van der Waals surface area contributed by atoms with Crippen molar-refractivity contribution in [3.63, 3.8) is 0 Å². The number of hydrogen-bond donors (Lipinski definition) is 1. The largest absolute Gasteiger partial charge is 0.385 e. The van der Waals surface area contributed by atoms with E-state index in [1.807, 2.05) is 54.6 Å². The standard InChI is InChI=1S/C23H27N3O2/c1-28-16-13-23(25-22(27)21-5-3-2-4-6-21)11-14-26(15-12-23)18-20-9-7-19(17-24)8-10-20/h2-10H,11-16,18H2,1H3,(H,25,27). The van der Waals surface area contributed by atoms with Crippen molar-refractivity contribution in [2.75, 3.05) is 26.8 Å². The van der Waals surface area contributed by atoms with Gasteiger partial charge in [-0.25, -0.2) is 0 Å². The zero-order valence-corrected chi connectivity index (χ0v) is 16.4. The summed E-state index contributed by atoms with van der Waals surface area (Å²) in [5.41, 5.74) is 2.35. The van der Waals surface area contributed by atoms with Gasteiger partial charge in [-0.3, -0.25) is 9.69 Å². The average Bonchev–Trinajstić information content (AvgIpc) is 2.75. The number of methoxy groups -OCH3 is 1. The summed E-state index contributed by atoms with van der Waals surface area (Å²) in [6.45, 7) is 3.32. The zero-order chi connectivity index (χ0) is 19.8. The monoisotopic (exact) mass is 377 g/mol. The lowest BCUT2D eigenvalue weighted by Crippen LogP contribution is -2.55. The minimum atomic E-state index is -0.232. The highest BCUT2D eigenvalue weighted by molar-refractivity contribution is 5.94. The fraction of sp³-hybridized carbons (Fsp3) is 0.391. The Kier molecular flexibility index (Phi) is 6.80. The lowest BCUT2D eigenvalue weighted by atomic mass is 9.84. The van der Waals surface area contributed by atoms with E-state index in [9.17, 15) is 4.79 Å². The fourth-order valence-corrected chi connectivity index (χ4v) is 3.72. The molecule has 0 bridgehead atoms. The summed E-state index contributed by atoms with van der Waals surface area (Å²) in [5, 5.41) is 12.2. The third-order valence-electron chi connectivity index (χ3n) is 5.50. The van der Waals surface area contributed by atoms with Gasteiger partial charge in [0, 0.05) is 44.5 Å².